The third-order valence-electron chi connectivity index (χ3n) is 7.64. The van der Waals surface area contributed by atoms with E-state index in [4.69, 9.17) is 23.4 Å². The summed E-state index contributed by atoms with van der Waals surface area (Å²) in [6.45, 7) is 9.64. The van der Waals surface area contributed by atoms with Gasteiger partial charge in [-0.15, -0.1) is 0 Å². The fourth-order valence-electron chi connectivity index (χ4n) is 5.39. The second kappa shape index (κ2) is 13.3. The third-order valence-corrected chi connectivity index (χ3v) is 7.64. The van der Waals surface area contributed by atoms with Crippen LogP contribution in [0, 0.1) is 0 Å². The number of rotatable bonds is 10. The van der Waals surface area contributed by atoms with E-state index in [0.717, 1.165) is 93.5 Å². The van der Waals surface area contributed by atoms with Crippen LogP contribution < -0.4 is 15.1 Å². The van der Waals surface area contributed by atoms with Crippen LogP contribution in [0.5, 0.6) is 11.5 Å². The first-order valence-corrected chi connectivity index (χ1v) is 14.4. The summed E-state index contributed by atoms with van der Waals surface area (Å²) in [5, 5.41) is 0.852. The maximum absolute atomic E-state index is 13.5. The molecule has 3 aromatic carbocycles. The minimum Gasteiger partial charge on any atom is -0.492 e. The number of benzene rings is 3. The summed E-state index contributed by atoms with van der Waals surface area (Å²) in [7, 11) is 0. The van der Waals surface area contributed by atoms with E-state index in [-0.39, 0.29) is 5.63 Å². The summed E-state index contributed by atoms with van der Waals surface area (Å²) in [6, 6.07) is 23.4. The molecule has 1 aromatic heterocycles. The standard InChI is InChI=1S/C33H36N2O6/c36-33-32(25-4-2-1-3-5-25)31(26-6-8-27(9-7-26)39-22-16-34-12-18-37-19-13-34)29-11-10-28(24-30(29)41-33)40-23-17-35-14-20-38-21-15-35/h1-11,24H,12-23H2. The first kappa shape index (κ1) is 27.5. The molecule has 0 amide bonds. The summed E-state index contributed by atoms with van der Waals surface area (Å²) < 4.78 is 28.8. The van der Waals surface area contributed by atoms with E-state index >= 15 is 0 Å². The van der Waals surface area contributed by atoms with Crippen LogP contribution in [-0.4, -0.2) is 88.7 Å². The largest absolute Gasteiger partial charge is 0.492 e. The fraction of sp³-hybridized carbons (Fsp3) is 0.364. The smallest absolute Gasteiger partial charge is 0.344 e. The zero-order chi connectivity index (χ0) is 27.9. The molecule has 6 rings (SSSR count). The molecule has 0 bridgehead atoms. The summed E-state index contributed by atoms with van der Waals surface area (Å²) in [6.07, 6.45) is 0. The minimum atomic E-state index is -0.380. The van der Waals surface area contributed by atoms with Gasteiger partial charge in [0.15, 0.2) is 0 Å². The topological polar surface area (TPSA) is 73.6 Å². The van der Waals surface area contributed by atoms with Gasteiger partial charge in [0.1, 0.15) is 30.3 Å². The van der Waals surface area contributed by atoms with Gasteiger partial charge in [-0.1, -0.05) is 42.5 Å². The summed E-state index contributed by atoms with van der Waals surface area (Å²) in [5.41, 5.74) is 3.23. The Kier molecular flexibility index (Phi) is 8.92. The van der Waals surface area contributed by atoms with Gasteiger partial charge < -0.3 is 23.4 Å². The van der Waals surface area contributed by atoms with Crippen molar-refractivity contribution in [2.75, 3.05) is 78.9 Å². The lowest BCUT2D eigenvalue weighted by molar-refractivity contribution is 0.0322. The average molecular weight is 557 g/mol. The van der Waals surface area contributed by atoms with E-state index in [9.17, 15) is 4.79 Å². The quantitative estimate of drug-likeness (QED) is 0.264. The molecular formula is C33H36N2O6. The predicted octanol–water partition coefficient (Wildman–Crippen LogP) is 4.55. The number of hydrogen-bond acceptors (Lipinski definition) is 8. The first-order valence-electron chi connectivity index (χ1n) is 14.4. The molecule has 2 aliphatic rings. The van der Waals surface area contributed by atoms with Crippen molar-refractivity contribution in [1.29, 1.82) is 0 Å². The van der Waals surface area contributed by atoms with Crippen molar-refractivity contribution in [3.8, 4) is 33.8 Å². The highest BCUT2D eigenvalue weighted by atomic mass is 16.5. The molecule has 0 atom stereocenters. The van der Waals surface area contributed by atoms with Gasteiger partial charge in [0.2, 0.25) is 0 Å². The maximum Gasteiger partial charge on any atom is 0.344 e. The highest BCUT2D eigenvalue weighted by Gasteiger charge is 2.19. The summed E-state index contributed by atoms with van der Waals surface area (Å²) in [4.78, 5) is 18.1. The lowest BCUT2D eigenvalue weighted by Crippen LogP contribution is -2.38. The molecule has 2 fully saturated rings. The average Bonchev–Trinajstić information content (AvgIpc) is 3.02. The molecule has 0 unspecified atom stereocenters. The number of morpholine rings is 2. The summed E-state index contributed by atoms with van der Waals surface area (Å²) in [5.74, 6) is 1.47. The lowest BCUT2D eigenvalue weighted by Gasteiger charge is -2.26. The van der Waals surface area contributed by atoms with Gasteiger partial charge in [-0.25, -0.2) is 4.79 Å². The van der Waals surface area contributed by atoms with Gasteiger partial charge >= 0.3 is 5.63 Å². The lowest BCUT2D eigenvalue weighted by atomic mass is 9.93. The Morgan fingerprint density at radius 1 is 0.634 bits per heavy atom. The molecule has 8 nitrogen and oxygen atoms in total. The Hall–Kier alpha value is -3.69. The number of hydrogen-bond donors (Lipinski definition) is 0. The van der Waals surface area contributed by atoms with Crippen molar-refractivity contribution in [2.45, 2.75) is 0 Å². The first-order chi connectivity index (χ1) is 20.2. The molecule has 4 aromatic rings. The Bertz CT molecular complexity index is 1480. The van der Waals surface area contributed by atoms with Crippen LogP contribution in [0.3, 0.4) is 0 Å². The maximum atomic E-state index is 13.5. The second-order valence-corrected chi connectivity index (χ2v) is 10.3. The van der Waals surface area contributed by atoms with Crippen LogP contribution >= 0.6 is 0 Å². The van der Waals surface area contributed by atoms with Crippen LogP contribution in [0.2, 0.25) is 0 Å². The Balaban J connectivity index is 1.25. The number of ether oxygens (including phenoxy) is 4. The van der Waals surface area contributed by atoms with Crippen molar-refractivity contribution >= 4 is 11.0 Å². The molecule has 0 saturated carbocycles. The molecule has 2 aliphatic heterocycles. The molecular weight excluding hydrogens is 520 g/mol. The van der Waals surface area contributed by atoms with Gasteiger partial charge in [0, 0.05) is 56.3 Å². The van der Waals surface area contributed by atoms with Crippen LogP contribution in [0.1, 0.15) is 0 Å². The van der Waals surface area contributed by atoms with Crippen LogP contribution in [0.15, 0.2) is 82.0 Å². The molecule has 2 saturated heterocycles. The Morgan fingerprint density at radius 3 is 1.83 bits per heavy atom. The zero-order valence-corrected chi connectivity index (χ0v) is 23.3. The van der Waals surface area contributed by atoms with Gasteiger partial charge in [0.25, 0.3) is 0 Å². The SMILES string of the molecule is O=c1oc2cc(OCCN3CCOCC3)ccc2c(-c2ccc(OCCN3CCOCC3)cc2)c1-c1ccccc1. The molecule has 8 heteroatoms. The van der Waals surface area contributed by atoms with Gasteiger partial charge in [-0.3, -0.25) is 9.80 Å². The van der Waals surface area contributed by atoms with Crippen LogP contribution in [0.25, 0.3) is 33.2 Å². The van der Waals surface area contributed by atoms with Crippen molar-refractivity contribution < 1.29 is 23.4 Å². The third kappa shape index (κ3) is 6.80. The predicted molar refractivity (Wildman–Crippen MR) is 159 cm³/mol. The van der Waals surface area contributed by atoms with E-state index < -0.39 is 0 Å². The fourth-order valence-corrected chi connectivity index (χ4v) is 5.39. The minimum absolute atomic E-state index is 0.380. The van der Waals surface area contributed by atoms with E-state index in [1.165, 1.54) is 0 Å². The van der Waals surface area contributed by atoms with E-state index in [1.807, 2.05) is 72.8 Å². The van der Waals surface area contributed by atoms with Gasteiger partial charge in [0.05, 0.1) is 32.0 Å². The summed E-state index contributed by atoms with van der Waals surface area (Å²) >= 11 is 0. The van der Waals surface area contributed by atoms with Crippen LogP contribution in [0.4, 0.5) is 0 Å². The molecule has 214 valence electrons. The molecule has 0 radical (unpaired) electrons. The monoisotopic (exact) mass is 556 g/mol. The highest BCUT2D eigenvalue weighted by Crippen LogP contribution is 2.37. The van der Waals surface area contributed by atoms with Crippen molar-refractivity contribution in [3.63, 3.8) is 0 Å². The second-order valence-electron chi connectivity index (χ2n) is 10.3. The van der Waals surface area contributed by atoms with E-state index in [2.05, 4.69) is 9.80 Å². The molecule has 3 heterocycles. The van der Waals surface area contributed by atoms with Crippen molar-refractivity contribution in [2.24, 2.45) is 0 Å². The molecule has 0 aliphatic carbocycles. The Labute approximate surface area is 240 Å². The number of nitrogens with zero attached hydrogens (tertiary/aromatic N) is 2. The molecule has 0 N–H and O–H groups in total. The zero-order valence-electron chi connectivity index (χ0n) is 23.3. The van der Waals surface area contributed by atoms with Gasteiger partial charge in [-0.05, 0) is 35.4 Å². The van der Waals surface area contributed by atoms with Crippen LogP contribution in [-0.2, 0) is 9.47 Å². The van der Waals surface area contributed by atoms with Crippen molar-refractivity contribution in [3.05, 3.63) is 83.2 Å². The molecule has 0 spiro atoms. The normalized spacial score (nSPS) is 16.6. The van der Waals surface area contributed by atoms with E-state index in [0.29, 0.717) is 30.1 Å². The Morgan fingerprint density at radius 2 is 1.20 bits per heavy atom. The van der Waals surface area contributed by atoms with Crippen molar-refractivity contribution in [1.82, 2.24) is 9.80 Å². The van der Waals surface area contributed by atoms with E-state index in [1.54, 1.807) is 0 Å². The highest BCUT2D eigenvalue weighted by molar-refractivity contribution is 6.01. The number of fused-ring (bicyclic) bond motifs is 1. The molecule has 41 heavy (non-hydrogen) atoms. The van der Waals surface area contributed by atoms with Gasteiger partial charge in [-0.2, -0.15) is 0 Å².